The summed E-state index contributed by atoms with van der Waals surface area (Å²) in [7, 11) is 0. The standard InChI is InChI=1S/C25H33N3O2S/c1-4-7-10-19-30-21-15-13-20(14-16-21)24(29)28(18-17-27(5-2)6-3)25-26-22-11-8-9-12-23(22)31-25/h8-9,11-16H,4-7,10,17-19H2,1-3H3. The third kappa shape index (κ3) is 6.28. The van der Waals surface area contributed by atoms with E-state index in [-0.39, 0.29) is 5.91 Å². The number of benzene rings is 2. The van der Waals surface area contributed by atoms with Crippen LogP contribution in [0.2, 0.25) is 0 Å². The second-order valence-electron chi connectivity index (χ2n) is 7.53. The minimum atomic E-state index is -0.0243. The van der Waals surface area contributed by atoms with Crippen LogP contribution in [0.3, 0.4) is 0 Å². The van der Waals surface area contributed by atoms with Gasteiger partial charge in [0.2, 0.25) is 0 Å². The maximum atomic E-state index is 13.5. The zero-order chi connectivity index (χ0) is 22.1. The van der Waals surface area contributed by atoms with Crippen LogP contribution in [0.1, 0.15) is 50.4 Å². The molecule has 2 aromatic carbocycles. The highest BCUT2D eigenvalue weighted by Crippen LogP contribution is 2.29. The maximum Gasteiger partial charge on any atom is 0.260 e. The third-order valence-electron chi connectivity index (χ3n) is 5.41. The molecule has 3 aromatic rings. The third-order valence-corrected chi connectivity index (χ3v) is 6.47. The van der Waals surface area contributed by atoms with Gasteiger partial charge in [-0.15, -0.1) is 0 Å². The summed E-state index contributed by atoms with van der Waals surface area (Å²) in [5, 5.41) is 0.748. The van der Waals surface area contributed by atoms with Gasteiger partial charge in [0.05, 0.1) is 16.8 Å². The number of carbonyl (C=O) groups excluding carboxylic acids is 1. The average molecular weight is 440 g/mol. The van der Waals surface area contributed by atoms with Gasteiger partial charge < -0.3 is 9.64 Å². The van der Waals surface area contributed by atoms with Crippen LogP contribution in [0, 0.1) is 0 Å². The van der Waals surface area contributed by atoms with E-state index in [9.17, 15) is 4.79 Å². The Morgan fingerprint density at radius 1 is 0.968 bits per heavy atom. The van der Waals surface area contributed by atoms with E-state index in [1.165, 1.54) is 12.8 Å². The van der Waals surface area contributed by atoms with Crippen LogP contribution in [0.25, 0.3) is 10.2 Å². The lowest BCUT2D eigenvalue weighted by Gasteiger charge is -2.24. The molecule has 3 rings (SSSR count). The number of amides is 1. The van der Waals surface area contributed by atoms with Gasteiger partial charge in [-0.25, -0.2) is 4.98 Å². The van der Waals surface area contributed by atoms with Crippen LogP contribution in [-0.4, -0.2) is 48.6 Å². The molecule has 166 valence electrons. The smallest absolute Gasteiger partial charge is 0.260 e. The van der Waals surface area contributed by atoms with Crippen molar-refractivity contribution < 1.29 is 9.53 Å². The molecular weight excluding hydrogens is 406 g/mol. The van der Waals surface area contributed by atoms with Crippen LogP contribution >= 0.6 is 11.3 Å². The van der Waals surface area contributed by atoms with Crippen LogP contribution in [0.15, 0.2) is 48.5 Å². The van der Waals surface area contributed by atoms with Crippen molar-refractivity contribution in [1.82, 2.24) is 9.88 Å². The zero-order valence-electron chi connectivity index (χ0n) is 18.8. The minimum absolute atomic E-state index is 0.0243. The van der Waals surface area contributed by atoms with E-state index < -0.39 is 0 Å². The van der Waals surface area contributed by atoms with E-state index in [4.69, 9.17) is 9.72 Å². The van der Waals surface area contributed by atoms with Crippen LogP contribution in [0.5, 0.6) is 5.75 Å². The molecule has 31 heavy (non-hydrogen) atoms. The van der Waals surface area contributed by atoms with Gasteiger partial charge in [-0.1, -0.05) is 57.1 Å². The predicted molar refractivity (Wildman–Crippen MR) is 131 cm³/mol. The monoisotopic (exact) mass is 439 g/mol. The Balaban J connectivity index is 1.78. The molecule has 0 saturated carbocycles. The van der Waals surface area contributed by atoms with Crippen molar-refractivity contribution in [1.29, 1.82) is 0 Å². The predicted octanol–water partition coefficient (Wildman–Crippen LogP) is 5.85. The minimum Gasteiger partial charge on any atom is -0.494 e. The molecule has 0 unspecified atom stereocenters. The van der Waals surface area contributed by atoms with E-state index in [2.05, 4.69) is 25.7 Å². The Hall–Kier alpha value is -2.44. The summed E-state index contributed by atoms with van der Waals surface area (Å²) in [6.07, 6.45) is 3.39. The first-order valence-corrected chi connectivity index (χ1v) is 12.1. The quantitative estimate of drug-likeness (QED) is 0.332. The lowest BCUT2D eigenvalue weighted by molar-refractivity contribution is 0.0983. The molecule has 0 atom stereocenters. The molecule has 0 aliphatic heterocycles. The van der Waals surface area contributed by atoms with Crippen LogP contribution in [0.4, 0.5) is 5.13 Å². The first kappa shape index (κ1) is 23.2. The molecule has 0 aliphatic carbocycles. The van der Waals surface area contributed by atoms with Crippen molar-refractivity contribution in [2.75, 3.05) is 37.7 Å². The van der Waals surface area contributed by atoms with Gasteiger partial charge in [0.15, 0.2) is 5.13 Å². The molecule has 0 bridgehead atoms. The summed E-state index contributed by atoms with van der Waals surface area (Å²) in [6.45, 7) is 10.5. The number of rotatable bonds is 12. The highest BCUT2D eigenvalue weighted by molar-refractivity contribution is 7.22. The van der Waals surface area contributed by atoms with E-state index in [0.29, 0.717) is 18.7 Å². The normalized spacial score (nSPS) is 11.2. The number of nitrogens with zero attached hydrogens (tertiary/aromatic N) is 3. The second kappa shape index (κ2) is 11.8. The van der Waals surface area contributed by atoms with E-state index in [1.807, 2.05) is 53.4 Å². The fourth-order valence-corrected chi connectivity index (χ4v) is 4.42. The molecule has 0 N–H and O–H groups in total. The Kier molecular flexibility index (Phi) is 8.85. The molecule has 1 heterocycles. The summed E-state index contributed by atoms with van der Waals surface area (Å²) in [4.78, 5) is 22.3. The van der Waals surface area contributed by atoms with E-state index >= 15 is 0 Å². The largest absolute Gasteiger partial charge is 0.494 e. The van der Waals surface area contributed by atoms with Crippen molar-refractivity contribution in [3.63, 3.8) is 0 Å². The van der Waals surface area contributed by atoms with Crippen molar-refractivity contribution in [2.24, 2.45) is 0 Å². The number of hydrogen-bond donors (Lipinski definition) is 0. The first-order chi connectivity index (χ1) is 15.2. The topological polar surface area (TPSA) is 45.7 Å². The average Bonchev–Trinajstić information content (AvgIpc) is 3.23. The van der Waals surface area contributed by atoms with Gasteiger partial charge in [0.25, 0.3) is 5.91 Å². The number of carbonyl (C=O) groups is 1. The zero-order valence-corrected chi connectivity index (χ0v) is 19.7. The van der Waals surface area contributed by atoms with Gasteiger partial charge in [0, 0.05) is 18.7 Å². The highest BCUT2D eigenvalue weighted by Gasteiger charge is 2.22. The summed E-state index contributed by atoms with van der Waals surface area (Å²) < 4.78 is 6.89. The van der Waals surface area contributed by atoms with Gasteiger partial charge in [-0.05, 0) is 55.9 Å². The van der Waals surface area contributed by atoms with Crippen molar-refractivity contribution >= 4 is 32.6 Å². The summed E-state index contributed by atoms with van der Waals surface area (Å²) in [5.74, 6) is 0.783. The Bertz CT molecular complexity index is 918. The Morgan fingerprint density at radius 2 is 1.71 bits per heavy atom. The van der Waals surface area contributed by atoms with E-state index in [1.54, 1.807) is 11.3 Å². The number of thiazole rings is 1. The van der Waals surface area contributed by atoms with Crippen molar-refractivity contribution in [3.05, 3.63) is 54.1 Å². The van der Waals surface area contributed by atoms with Crippen LogP contribution in [-0.2, 0) is 0 Å². The fourth-order valence-electron chi connectivity index (χ4n) is 3.43. The van der Waals surface area contributed by atoms with Gasteiger partial charge >= 0.3 is 0 Å². The fraction of sp³-hybridized carbons (Fsp3) is 0.440. The SMILES string of the molecule is CCCCCOc1ccc(C(=O)N(CCN(CC)CC)c2nc3ccccc3s2)cc1. The number of anilines is 1. The molecule has 0 saturated heterocycles. The number of ether oxygens (including phenoxy) is 1. The molecule has 5 nitrogen and oxygen atoms in total. The Morgan fingerprint density at radius 3 is 2.39 bits per heavy atom. The number of aromatic nitrogens is 1. The molecule has 0 fully saturated rings. The van der Waals surface area contributed by atoms with Gasteiger partial charge in [-0.2, -0.15) is 0 Å². The lowest BCUT2D eigenvalue weighted by Crippen LogP contribution is -2.38. The number of unbranched alkanes of at least 4 members (excludes halogenated alkanes) is 2. The van der Waals surface area contributed by atoms with Crippen molar-refractivity contribution in [2.45, 2.75) is 40.0 Å². The highest BCUT2D eigenvalue weighted by atomic mass is 32.1. The second-order valence-corrected chi connectivity index (χ2v) is 8.54. The molecule has 6 heteroatoms. The molecule has 0 aliphatic rings. The Labute approximate surface area is 189 Å². The van der Waals surface area contributed by atoms with Gasteiger partial charge in [-0.3, -0.25) is 9.69 Å². The number of fused-ring (bicyclic) bond motifs is 1. The molecular formula is C25H33N3O2S. The summed E-state index contributed by atoms with van der Waals surface area (Å²) in [5.41, 5.74) is 1.58. The summed E-state index contributed by atoms with van der Waals surface area (Å²) in [6, 6.07) is 15.5. The van der Waals surface area contributed by atoms with Crippen LogP contribution < -0.4 is 9.64 Å². The van der Waals surface area contributed by atoms with Crippen molar-refractivity contribution in [3.8, 4) is 5.75 Å². The van der Waals surface area contributed by atoms with E-state index in [0.717, 1.165) is 47.2 Å². The summed E-state index contributed by atoms with van der Waals surface area (Å²) >= 11 is 1.56. The molecule has 1 amide bonds. The molecule has 0 spiro atoms. The lowest BCUT2D eigenvalue weighted by atomic mass is 10.2. The first-order valence-electron chi connectivity index (χ1n) is 11.3. The maximum absolute atomic E-state index is 13.5. The van der Waals surface area contributed by atoms with Gasteiger partial charge in [0.1, 0.15) is 5.75 Å². The number of hydrogen-bond acceptors (Lipinski definition) is 5. The number of likely N-dealkylation sites (N-methyl/N-ethyl adjacent to an activating group) is 1. The molecule has 1 aromatic heterocycles. The number of para-hydroxylation sites is 1. The molecule has 0 radical (unpaired) electrons.